The Morgan fingerprint density at radius 3 is 2.81 bits per heavy atom. The topological polar surface area (TPSA) is 49.5 Å². The fraction of sp³-hybridized carbons (Fsp3) is 0.471. The highest BCUT2D eigenvalue weighted by Gasteiger charge is 2.26. The van der Waals surface area contributed by atoms with Gasteiger partial charge in [-0.25, -0.2) is 0 Å². The van der Waals surface area contributed by atoms with Gasteiger partial charge in [0.15, 0.2) is 5.76 Å². The van der Waals surface area contributed by atoms with Crippen LogP contribution >= 0.6 is 0 Å². The monoisotopic (exact) mass is 286 g/mol. The van der Waals surface area contributed by atoms with Gasteiger partial charge in [0, 0.05) is 18.2 Å². The Hall–Kier alpha value is -1.65. The molecule has 0 saturated carbocycles. The van der Waals surface area contributed by atoms with Crippen LogP contribution in [0.15, 0.2) is 34.9 Å². The normalized spacial score (nSPS) is 20.8. The van der Waals surface area contributed by atoms with E-state index in [0.29, 0.717) is 5.92 Å². The van der Waals surface area contributed by atoms with E-state index in [4.69, 9.17) is 4.52 Å². The second-order valence-corrected chi connectivity index (χ2v) is 6.07. The van der Waals surface area contributed by atoms with Crippen molar-refractivity contribution >= 4 is 0 Å². The van der Waals surface area contributed by atoms with Crippen LogP contribution in [0.25, 0.3) is 11.3 Å². The van der Waals surface area contributed by atoms with Crippen molar-refractivity contribution < 1.29 is 9.63 Å². The van der Waals surface area contributed by atoms with Gasteiger partial charge in [-0.1, -0.05) is 35.0 Å². The van der Waals surface area contributed by atoms with Crippen molar-refractivity contribution in [2.24, 2.45) is 5.92 Å². The minimum Gasteiger partial charge on any atom is -0.393 e. The number of hydrogen-bond donors (Lipinski definition) is 1. The number of rotatable bonds is 4. The molecule has 0 amide bonds. The Balaban J connectivity index is 1.64. The minimum absolute atomic E-state index is 0.229. The summed E-state index contributed by atoms with van der Waals surface area (Å²) in [6.07, 6.45) is 0.823. The third-order valence-corrected chi connectivity index (χ3v) is 4.28. The highest BCUT2D eigenvalue weighted by molar-refractivity contribution is 5.59. The molecule has 1 aliphatic heterocycles. The van der Waals surface area contributed by atoms with Crippen molar-refractivity contribution in [1.29, 1.82) is 0 Å². The summed E-state index contributed by atoms with van der Waals surface area (Å²) >= 11 is 0. The summed E-state index contributed by atoms with van der Waals surface area (Å²) in [5.74, 6) is 1.27. The van der Waals surface area contributed by atoms with E-state index in [9.17, 15) is 5.11 Å². The number of aromatic nitrogens is 1. The molecule has 0 bridgehead atoms. The Bertz CT molecular complexity index is 589. The van der Waals surface area contributed by atoms with E-state index in [1.807, 2.05) is 13.0 Å². The Kier molecular flexibility index (Phi) is 4.08. The van der Waals surface area contributed by atoms with Gasteiger partial charge in [-0.2, -0.15) is 0 Å². The molecule has 1 N–H and O–H groups in total. The molecule has 21 heavy (non-hydrogen) atoms. The first-order valence-corrected chi connectivity index (χ1v) is 7.55. The first-order valence-electron chi connectivity index (χ1n) is 7.55. The van der Waals surface area contributed by atoms with E-state index in [2.05, 4.69) is 41.2 Å². The summed E-state index contributed by atoms with van der Waals surface area (Å²) in [6.45, 7) is 6.65. The maximum Gasteiger partial charge on any atom is 0.151 e. The van der Waals surface area contributed by atoms with Gasteiger partial charge in [-0.05, 0) is 32.7 Å². The van der Waals surface area contributed by atoms with Crippen molar-refractivity contribution in [3.05, 3.63) is 41.7 Å². The quantitative estimate of drug-likeness (QED) is 0.939. The Labute approximate surface area is 125 Å². The van der Waals surface area contributed by atoms with Crippen LogP contribution in [-0.2, 0) is 6.54 Å². The molecule has 0 spiro atoms. The molecule has 2 aromatic rings. The van der Waals surface area contributed by atoms with Gasteiger partial charge in [0.1, 0.15) is 5.69 Å². The lowest BCUT2D eigenvalue weighted by atomic mass is 10.0. The number of aliphatic hydroxyl groups excluding tert-OH is 1. The van der Waals surface area contributed by atoms with Crippen LogP contribution in [0.5, 0.6) is 0 Å². The Morgan fingerprint density at radius 2 is 2.14 bits per heavy atom. The molecule has 1 aromatic carbocycles. The first kappa shape index (κ1) is 14.3. The zero-order valence-corrected chi connectivity index (χ0v) is 12.6. The maximum absolute atomic E-state index is 9.65. The van der Waals surface area contributed by atoms with Gasteiger partial charge in [0.2, 0.25) is 0 Å². The van der Waals surface area contributed by atoms with Crippen LogP contribution in [0.1, 0.15) is 24.7 Å². The van der Waals surface area contributed by atoms with Gasteiger partial charge in [-0.3, -0.25) is 4.90 Å². The second kappa shape index (κ2) is 6.00. The molecule has 1 saturated heterocycles. The van der Waals surface area contributed by atoms with E-state index in [1.165, 1.54) is 5.56 Å². The van der Waals surface area contributed by atoms with Crippen molar-refractivity contribution in [2.45, 2.75) is 32.9 Å². The average molecular weight is 286 g/mol. The van der Waals surface area contributed by atoms with Crippen LogP contribution in [0.4, 0.5) is 0 Å². The standard InChI is InChI=1S/C17H22N2O2/c1-12-3-5-14(6-4-12)17-9-16(21-18-17)11-19-8-7-15(10-19)13(2)20/h3-6,9,13,15,20H,7-8,10-11H2,1-2H3. The van der Waals surface area contributed by atoms with Gasteiger partial charge in [-0.15, -0.1) is 0 Å². The highest BCUT2D eigenvalue weighted by Crippen LogP contribution is 2.24. The molecule has 1 aliphatic rings. The lowest BCUT2D eigenvalue weighted by Gasteiger charge is -2.15. The molecular formula is C17H22N2O2. The van der Waals surface area contributed by atoms with Crippen LogP contribution in [-0.4, -0.2) is 34.4 Å². The molecule has 4 heteroatoms. The summed E-state index contributed by atoms with van der Waals surface area (Å²) < 4.78 is 5.45. The van der Waals surface area contributed by atoms with Crippen LogP contribution in [0, 0.1) is 12.8 Å². The number of aliphatic hydroxyl groups is 1. The number of hydrogen-bond acceptors (Lipinski definition) is 4. The van der Waals surface area contributed by atoms with Crippen molar-refractivity contribution in [3.8, 4) is 11.3 Å². The van der Waals surface area contributed by atoms with E-state index in [1.54, 1.807) is 0 Å². The molecule has 2 unspecified atom stereocenters. The average Bonchev–Trinajstić information content (AvgIpc) is 3.10. The SMILES string of the molecule is Cc1ccc(-c2cc(CN3CCC(C(C)O)C3)on2)cc1. The summed E-state index contributed by atoms with van der Waals surface area (Å²) in [7, 11) is 0. The van der Waals surface area contributed by atoms with Crippen LogP contribution in [0.3, 0.4) is 0 Å². The van der Waals surface area contributed by atoms with Crippen molar-refractivity contribution in [3.63, 3.8) is 0 Å². The van der Waals surface area contributed by atoms with Gasteiger partial charge in [0.05, 0.1) is 12.6 Å². The second-order valence-electron chi connectivity index (χ2n) is 6.07. The molecule has 112 valence electrons. The Morgan fingerprint density at radius 1 is 1.38 bits per heavy atom. The zero-order chi connectivity index (χ0) is 14.8. The predicted octanol–water partition coefficient (Wildman–Crippen LogP) is 2.85. The fourth-order valence-electron chi connectivity index (χ4n) is 2.87. The summed E-state index contributed by atoms with van der Waals surface area (Å²) in [5.41, 5.74) is 3.21. The fourth-order valence-corrected chi connectivity index (χ4v) is 2.87. The molecule has 0 radical (unpaired) electrons. The van der Waals surface area contributed by atoms with E-state index in [0.717, 1.165) is 43.1 Å². The van der Waals surface area contributed by atoms with E-state index < -0.39 is 0 Å². The molecule has 4 nitrogen and oxygen atoms in total. The lowest BCUT2D eigenvalue weighted by Crippen LogP contribution is -2.23. The zero-order valence-electron chi connectivity index (χ0n) is 12.6. The third kappa shape index (κ3) is 3.34. The highest BCUT2D eigenvalue weighted by atomic mass is 16.5. The molecular weight excluding hydrogens is 264 g/mol. The largest absolute Gasteiger partial charge is 0.393 e. The summed E-state index contributed by atoms with van der Waals surface area (Å²) in [4.78, 5) is 2.32. The van der Waals surface area contributed by atoms with E-state index >= 15 is 0 Å². The summed E-state index contributed by atoms with van der Waals surface area (Å²) in [5, 5.41) is 13.8. The van der Waals surface area contributed by atoms with Crippen LogP contribution in [0.2, 0.25) is 0 Å². The van der Waals surface area contributed by atoms with Crippen molar-refractivity contribution in [2.75, 3.05) is 13.1 Å². The van der Waals surface area contributed by atoms with Gasteiger partial charge in [0.25, 0.3) is 0 Å². The molecule has 1 fully saturated rings. The number of benzene rings is 1. The molecule has 0 aliphatic carbocycles. The lowest BCUT2D eigenvalue weighted by molar-refractivity contribution is 0.126. The van der Waals surface area contributed by atoms with Gasteiger partial charge < -0.3 is 9.63 Å². The van der Waals surface area contributed by atoms with Crippen molar-refractivity contribution in [1.82, 2.24) is 10.1 Å². The number of nitrogens with zero attached hydrogens (tertiary/aromatic N) is 2. The molecule has 2 atom stereocenters. The van der Waals surface area contributed by atoms with E-state index in [-0.39, 0.29) is 6.10 Å². The predicted molar refractivity (Wildman–Crippen MR) is 81.7 cm³/mol. The van der Waals surface area contributed by atoms with Crippen LogP contribution < -0.4 is 0 Å². The number of likely N-dealkylation sites (tertiary alicyclic amines) is 1. The number of aryl methyl sites for hydroxylation is 1. The third-order valence-electron chi connectivity index (χ3n) is 4.28. The minimum atomic E-state index is -0.229. The maximum atomic E-state index is 9.65. The smallest absolute Gasteiger partial charge is 0.151 e. The molecule has 2 heterocycles. The first-order chi connectivity index (χ1) is 10.1. The summed E-state index contributed by atoms with van der Waals surface area (Å²) in [6, 6.07) is 10.3. The molecule has 3 rings (SSSR count). The molecule has 1 aromatic heterocycles. The van der Waals surface area contributed by atoms with Gasteiger partial charge >= 0.3 is 0 Å².